The van der Waals surface area contributed by atoms with Gasteiger partial charge in [0, 0.05) is 32.0 Å². The van der Waals surface area contributed by atoms with Gasteiger partial charge in [-0.25, -0.2) is 0 Å². The molecule has 0 aliphatic rings. The van der Waals surface area contributed by atoms with Crippen LogP contribution in [-0.2, 0) is 35.2 Å². The lowest BCUT2D eigenvalue weighted by molar-refractivity contribution is -0.137. The Balaban J connectivity index is 3.17. The second-order valence-electron chi connectivity index (χ2n) is 14.1. The van der Waals surface area contributed by atoms with Crippen LogP contribution in [-0.4, -0.2) is 83.9 Å². The lowest BCUT2D eigenvalue weighted by atomic mass is 9.96. The first-order chi connectivity index (χ1) is 24.1. The first-order valence-electron chi connectivity index (χ1n) is 18.6. The number of hydrogen-bond donors (Lipinski definition) is 7. The molecule has 0 heterocycles. The molecule has 0 radical (unpaired) electrons. The number of amides is 5. The Hall–Kier alpha value is -4.00. The van der Waals surface area contributed by atoms with E-state index in [0.29, 0.717) is 38.6 Å². The summed E-state index contributed by atoms with van der Waals surface area (Å²) in [4.78, 5) is 77.1. The third-order valence-corrected chi connectivity index (χ3v) is 8.84. The molecule has 1 rings (SSSR count). The van der Waals surface area contributed by atoms with Crippen LogP contribution in [0.5, 0.6) is 0 Å². The number of carbonyl (C=O) groups is 6. The summed E-state index contributed by atoms with van der Waals surface area (Å²) in [6.45, 7) is 16.0. The SMILES string of the molecule is CCNC(=O)[C@@H](NC(=O)[C@H](CC)NC[C@H](CC(C)C)NC(=O)[C@H](CCc1ccccc1)NC(=O)[C@@H](NC(=O)CCCC(=O)O)[C@@H](C)CC)C(C)C. The standard InChI is InChI=1S/C38H64N6O7/c1-9-26(8)34(43-31(45)18-15-19-32(46)47)38(51)42-30(21-20-27-16-13-12-14-17-27)36(49)41-28(22-24(4)5)23-40-29(10-2)35(48)44-33(25(6)7)37(50)39-11-3/h12-14,16-17,24-26,28-30,33-34,40H,9-11,15,18-23H2,1-8H3,(H,39,50)(H,41,49)(H,42,51)(H,43,45)(H,44,48)(H,46,47)/t26-,28-,29-,30-,33-,34-/m0/s1. The van der Waals surface area contributed by atoms with Crippen molar-refractivity contribution in [3.05, 3.63) is 35.9 Å². The van der Waals surface area contributed by atoms with Gasteiger partial charge in [-0.3, -0.25) is 28.8 Å². The highest BCUT2D eigenvalue weighted by Gasteiger charge is 2.32. The van der Waals surface area contributed by atoms with E-state index in [4.69, 9.17) is 5.11 Å². The molecule has 0 aliphatic carbocycles. The molecule has 0 aliphatic heterocycles. The van der Waals surface area contributed by atoms with Crippen molar-refractivity contribution in [2.24, 2.45) is 17.8 Å². The third-order valence-electron chi connectivity index (χ3n) is 8.84. The number of aliphatic carboxylic acids is 1. The molecule has 5 amide bonds. The number of aryl methyl sites for hydroxylation is 1. The minimum atomic E-state index is -0.998. The minimum Gasteiger partial charge on any atom is -0.481 e. The lowest BCUT2D eigenvalue weighted by Gasteiger charge is -2.29. The van der Waals surface area contributed by atoms with E-state index in [1.54, 1.807) is 0 Å². The minimum absolute atomic E-state index is 0.0326. The fraction of sp³-hybridized carbons (Fsp3) is 0.684. The molecular weight excluding hydrogens is 652 g/mol. The quantitative estimate of drug-likeness (QED) is 0.0802. The summed E-state index contributed by atoms with van der Waals surface area (Å²) in [7, 11) is 0. The Kier molecular flexibility index (Phi) is 21.4. The molecule has 51 heavy (non-hydrogen) atoms. The number of likely N-dealkylation sites (N-methyl/N-ethyl adjacent to an activating group) is 1. The number of nitrogens with one attached hydrogen (secondary N) is 6. The fourth-order valence-corrected chi connectivity index (χ4v) is 5.68. The summed E-state index contributed by atoms with van der Waals surface area (Å²) in [5.41, 5.74) is 0.999. The fourth-order valence-electron chi connectivity index (χ4n) is 5.68. The van der Waals surface area contributed by atoms with Crippen molar-refractivity contribution < 1.29 is 33.9 Å². The van der Waals surface area contributed by atoms with Gasteiger partial charge >= 0.3 is 5.97 Å². The van der Waals surface area contributed by atoms with Crippen molar-refractivity contribution >= 4 is 35.5 Å². The van der Waals surface area contributed by atoms with Gasteiger partial charge in [0.1, 0.15) is 18.1 Å². The molecule has 13 heteroatoms. The predicted molar refractivity (Wildman–Crippen MR) is 198 cm³/mol. The molecule has 1 aromatic rings. The Morgan fingerprint density at radius 3 is 1.90 bits per heavy atom. The average molecular weight is 717 g/mol. The highest BCUT2D eigenvalue weighted by Crippen LogP contribution is 2.13. The van der Waals surface area contributed by atoms with E-state index >= 15 is 0 Å². The van der Waals surface area contributed by atoms with Gasteiger partial charge in [0.15, 0.2) is 0 Å². The van der Waals surface area contributed by atoms with Gasteiger partial charge in [0.05, 0.1) is 6.04 Å². The average Bonchev–Trinajstić information content (AvgIpc) is 3.07. The second-order valence-corrected chi connectivity index (χ2v) is 14.1. The first kappa shape index (κ1) is 45.0. The smallest absolute Gasteiger partial charge is 0.303 e. The van der Waals surface area contributed by atoms with Crippen LogP contribution in [0, 0.1) is 17.8 Å². The predicted octanol–water partition coefficient (Wildman–Crippen LogP) is 3.07. The summed E-state index contributed by atoms with van der Waals surface area (Å²) >= 11 is 0. The van der Waals surface area contributed by atoms with Crippen LogP contribution in [0.2, 0.25) is 0 Å². The molecule has 0 fully saturated rings. The molecule has 0 bridgehead atoms. The highest BCUT2D eigenvalue weighted by atomic mass is 16.4. The lowest BCUT2D eigenvalue weighted by Crippen LogP contribution is -2.58. The van der Waals surface area contributed by atoms with Gasteiger partial charge in [-0.1, -0.05) is 85.2 Å². The van der Waals surface area contributed by atoms with Crippen molar-refractivity contribution in [2.75, 3.05) is 13.1 Å². The molecule has 7 N–H and O–H groups in total. The van der Waals surface area contributed by atoms with E-state index in [1.807, 2.05) is 85.7 Å². The van der Waals surface area contributed by atoms with Gasteiger partial charge in [0.25, 0.3) is 0 Å². The van der Waals surface area contributed by atoms with E-state index in [9.17, 15) is 28.8 Å². The van der Waals surface area contributed by atoms with Gasteiger partial charge in [-0.15, -0.1) is 0 Å². The molecule has 0 spiro atoms. The van der Waals surface area contributed by atoms with E-state index in [1.165, 1.54) is 0 Å². The number of benzene rings is 1. The second kappa shape index (κ2) is 24.2. The number of hydrogen-bond acceptors (Lipinski definition) is 7. The first-order valence-corrected chi connectivity index (χ1v) is 18.6. The van der Waals surface area contributed by atoms with Crippen molar-refractivity contribution in [1.29, 1.82) is 0 Å². The Labute approximate surface area is 304 Å². The summed E-state index contributed by atoms with van der Waals surface area (Å²) < 4.78 is 0. The van der Waals surface area contributed by atoms with Crippen LogP contribution in [0.3, 0.4) is 0 Å². The van der Waals surface area contributed by atoms with Crippen LogP contribution in [0.4, 0.5) is 0 Å². The Morgan fingerprint density at radius 1 is 0.706 bits per heavy atom. The summed E-state index contributed by atoms with van der Waals surface area (Å²) in [6, 6.07) is 6.14. The monoisotopic (exact) mass is 716 g/mol. The molecule has 0 saturated heterocycles. The van der Waals surface area contributed by atoms with E-state index in [2.05, 4.69) is 31.9 Å². The van der Waals surface area contributed by atoms with Gasteiger partial charge in [0.2, 0.25) is 29.5 Å². The molecular formula is C38H64N6O7. The molecule has 13 nitrogen and oxygen atoms in total. The highest BCUT2D eigenvalue weighted by molar-refractivity contribution is 5.92. The molecule has 0 saturated carbocycles. The summed E-state index contributed by atoms with van der Waals surface area (Å²) in [5.74, 6) is -2.98. The van der Waals surface area contributed by atoms with Gasteiger partial charge < -0.3 is 37.0 Å². The van der Waals surface area contributed by atoms with Crippen molar-refractivity contribution in [3.63, 3.8) is 0 Å². The van der Waals surface area contributed by atoms with Gasteiger partial charge in [-0.2, -0.15) is 0 Å². The van der Waals surface area contributed by atoms with Crippen LogP contribution in [0.25, 0.3) is 0 Å². The third kappa shape index (κ3) is 17.7. The number of rotatable bonds is 25. The molecule has 6 atom stereocenters. The van der Waals surface area contributed by atoms with Crippen LogP contribution >= 0.6 is 0 Å². The maximum Gasteiger partial charge on any atom is 0.303 e. The summed E-state index contributed by atoms with van der Waals surface area (Å²) in [5, 5.41) is 26.6. The van der Waals surface area contributed by atoms with E-state index < -0.39 is 42.0 Å². The zero-order valence-corrected chi connectivity index (χ0v) is 32.0. The topological polar surface area (TPSA) is 195 Å². The van der Waals surface area contributed by atoms with Crippen molar-refractivity contribution in [1.82, 2.24) is 31.9 Å². The van der Waals surface area contributed by atoms with E-state index in [0.717, 1.165) is 5.56 Å². The van der Waals surface area contributed by atoms with Crippen molar-refractivity contribution in [2.45, 2.75) is 137 Å². The number of carboxylic acids is 1. The largest absolute Gasteiger partial charge is 0.481 e. The van der Waals surface area contributed by atoms with Crippen molar-refractivity contribution in [3.8, 4) is 0 Å². The van der Waals surface area contributed by atoms with Crippen LogP contribution in [0.1, 0.15) is 106 Å². The zero-order chi connectivity index (χ0) is 38.5. The molecule has 1 aromatic carbocycles. The normalized spacial score (nSPS) is 14.8. The molecule has 0 unspecified atom stereocenters. The Bertz CT molecular complexity index is 1240. The molecule has 0 aromatic heterocycles. The summed E-state index contributed by atoms with van der Waals surface area (Å²) in [6.07, 6.45) is 2.44. The van der Waals surface area contributed by atoms with Gasteiger partial charge in [-0.05, 0) is 62.3 Å². The Morgan fingerprint density at radius 2 is 1.35 bits per heavy atom. The molecule has 288 valence electrons. The van der Waals surface area contributed by atoms with Crippen LogP contribution in [0.15, 0.2) is 30.3 Å². The van der Waals surface area contributed by atoms with Crippen LogP contribution < -0.4 is 31.9 Å². The maximum absolute atomic E-state index is 14.0. The maximum atomic E-state index is 14.0. The number of carboxylic acid groups (broad SMARTS) is 1. The number of carbonyl (C=O) groups excluding carboxylic acids is 5. The zero-order valence-electron chi connectivity index (χ0n) is 32.0. The van der Waals surface area contributed by atoms with E-state index in [-0.39, 0.29) is 67.3 Å².